The first kappa shape index (κ1) is 12.6. The molecule has 0 fully saturated rings. The average molecular weight is 245 g/mol. The summed E-state index contributed by atoms with van der Waals surface area (Å²) in [6, 6.07) is 7.03. The number of rotatable bonds is 6. The van der Waals surface area contributed by atoms with E-state index in [2.05, 4.69) is 0 Å². The van der Waals surface area contributed by atoms with Gasteiger partial charge in [0, 0.05) is 23.4 Å². The average Bonchev–Trinajstić information content (AvgIpc) is 2.24. The van der Waals surface area contributed by atoms with Crippen molar-refractivity contribution < 1.29 is 9.53 Å². The smallest absolute Gasteiger partial charge is 0.172 e. The molecular formula is C11H13ClO2S. The summed E-state index contributed by atoms with van der Waals surface area (Å²) in [5.41, 5.74) is 0.674. The number of thioether (sulfide) groups is 1. The normalized spacial score (nSPS) is 10.3. The highest BCUT2D eigenvalue weighted by molar-refractivity contribution is 8.00. The van der Waals surface area contributed by atoms with Gasteiger partial charge in [-0.15, -0.1) is 0 Å². The van der Waals surface area contributed by atoms with E-state index >= 15 is 0 Å². The highest BCUT2D eigenvalue weighted by atomic mass is 35.5. The van der Waals surface area contributed by atoms with E-state index in [1.165, 1.54) is 0 Å². The molecule has 0 saturated carbocycles. The highest BCUT2D eigenvalue weighted by Crippen LogP contribution is 2.13. The monoisotopic (exact) mass is 244 g/mol. The predicted octanol–water partition coefficient (Wildman–Crippen LogP) is 2.90. The van der Waals surface area contributed by atoms with Gasteiger partial charge in [-0.2, -0.15) is 11.8 Å². The van der Waals surface area contributed by atoms with Crippen LogP contribution in [0.2, 0.25) is 5.02 Å². The van der Waals surface area contributed by atoms with Gasteiger partial charge < -0.3 is 4.74 Å². The summed E-state index contributed by atoms with van der Waals surface area (Å²) in [7, 11) is 1.65. The lowest BCUT2D eigenvalue weighted by atomic mass is 10.1. The third kappa shape index (κ3) is 4.69. The van der Waals surface area contributed by atoms with Crippen LogP contribution in [0.5, 0.6) is 0 Å². The summed E-state index contributed by atoms with van der Waals surface area (Å²) in [6.45, 7) is 0.674. The SMILES string of the molecule is COCCSCC(=O)c1cccc(Cl)c1. The second-order valence-corrected chi connectivity index (χ2v) is 4.52. The number of benzene rings is 1. The zero-order valence-electron chi connectivity index (χ0n) is 8.53. The van der Waals surface area contributed by atoms with E-state index in [0.717, 1.165) is 5.75 Å². The van der Waals surface area contributed by atoms with E-state index < -0.39 is 0 Å². The standard InChI is InChI=1S/C11H13ClO2S/c1-14-5-6-15-8-11(13)9-3-2-4-10(12)7-9/h2-4,7H,5-6,8H2,1H3. The van der Waals surface area contributed by atoms with Crippen LogP contribution >= 0.6 is 23.4 Å². The minimum Gasteiger partial charge on any atom is -0.384 e. The van der Waals surface area contributed by atoms with Crippen LogP contribution in [0.15, 0.2) is 24.3 Å². The largest absolute Gasteiger partial charge is 0.384 e. The van der Waals surface area contributed by atoms with E-state index in [1.807, 2.05) is 0 Å². The van der Waals surface area contributed by atoms with E-state index in [1.54, 1.807) is 43.1 Å². The number of carbonyl (C=O) groups excluding carboxylic acids is 1. The molecule has 0 radical (unpaired) electrons. The Kier molecular flexibility index (Phi) is 5.76. The molecule has 1 aromatic carbocycles. The lowest BCUT2D eigenvalue weighted by molar-refractivity contribution is 0.102. The number of carbonyl (C=O) groups is 1. The van der Waals surface area contributed by atoms with Crippen molar-refractivity contribution in [3.8, 4) is 0 Å². The lowest BCUT2D eigenvalue weighted by Gasteiger charge is -2.01. The van der Waals surface area contributed by atoms with Gasteiger partial charge in [-0.3, -0.25) is 4.79 Å². The fourth-order valence-corrected chi connectivity index (χ4v) is 2.02. The van der Waals surface area contributed by atoms with Crippen molar-refractivity contribution in [3.05, 3.63) is 34.9 Å². The van der Waals surface area contributed by atoms with Crippen molar-refractivity contribution >= 4 is 29.1 Å². The highest BCUT2D eigenvalue weighted by Gasteiger charge is 2.05. The van der Waals surface area contributed by atoms with Gasteiger partial charge in [-0.05, 0) is 12.1 Å². The maximum atomic E-state index is 11.6. The van der Waals surface area contributed by atoms with Crippen molar-refractivity contribution in [2.75, 3.05) is 25.2 Å². The molecular weight excluding hydrogens is 232 g/mol. The molecule has 0 aliphatic carbocycles. The molecule has 0 aliphatic heterocycles. The molecule has 0 heterocycles. The molecule has 15 heavy (non-hydrogen) atoms. The number of ether oxygens (including phenoxy) is 1. The Morgan fingerprint density at radius 3 is 3.00 bits per heavy atom. The third-order valence-corrected chi connectivity index (χ3v) is 2.97. The number of halogens is 1. The second kappa shape index (κ2) is 6.88. The van der Waals surface area contributed by atoms with Crippen LogP contribution in [0, 0.1) is 0 Å². The molecule has 1 rings (SSSR count). The van der Waals surface area contributed by atoms with Gasteiger partial charge in [-0.1, -0.05) is 23.7 Å². The maximum Gasteiger partial charge on any atom is 0.172 e. The van der Waals surface area contributed by atoms with E-state index in [-0.39, 0.29) is 5.78 Å². The topological polar surface area (TPSA) is 26.3 Å². The van der Waals surface area contributed by atoms with Crippen LogP contribution in [-0.2, 0) is 4.74 Å². The van der Waals surface area contributed by atoms with Gasteiger partial charge in [-0.25, -0.2) is 0 Å². The molecule has 0 N–H and O–H groups in total. The van der Waals surface area contributed by atoms with Crippen molar-refractivity contribution in [1.29, 1.82) is 0 Å². The first-order chi connectivity index (χ1) is 7.24. The van der Waals surface area contributed by atoms with Crippen LogP contribution in [-0.4, -0.2) is 31.0 Å². The first-order valence-electron chi connectivity index (χ1n) is 4.59. The fraction of sp³-hybridized carbons (Fsp3) is 0.364. The summed E-state index contributed by atoms with van der Waals surface area (Å²) >= 11 is 7.36. The summed E-state index contributed by atoms with van der Waals surface area (Å²) in [6.07, 6.45) is 0. The van der Waals surface area contributed by atoms with Crippen molar-refractivity contribution in [2.45, 2.75) is 0 Å². The summed E-state index contributed by atoms with van der Waals surface area (Å²) < 4.78 is 4.90. The van der Waals surface area contributed by atoms with Gasteiger partial charge in [0.1, 0.15) is 0 Å². The van der Waals surface area contributed by atoms with E-state index in [9.17, 15) is 4.79 Å². The summed E-state index contributed by atoms with van der Waals surface area (Å²) in [5, 5.41) is 0.600. The van der Waals surface area contributed by atoms with Gasteiger partial charge in [0.05, 0.1) is 12.4 Å². The van der Waals surface area contributed by atoms with Crippen molar-refractivity contribution in [3.63, 3.8) is 0 Å². The molecule has 0 bridgehead atoms. The third-order valence-electron chi connectivity index (χ3n) is 1.81. The Labute approximate surface area is 99.0 Å². The quantitative estimate of drug-likeness (QED) is 0.569. The summed E-state index contributed by atoms with van der Waals surface area (Å²) in [4.78, 5) is 11.6. The molecule has 0 atom stereocenters. The Hall–Kier alpha value is -0.510. The minimum atomic E-state index is 0.110. The van der Waals surface area contributed by atoms with Gasteiger partial charge in [0.2, 0.25) is 0 Å². The molecule has 0 saturated heterocycles. The lowest BCUT2D eigenvalue weighted by Crippen LogP contribution is -2.04. The maximum absolute atomic E-state index is 11.6. The van der Waals surface area contributed by atoms with Crippen LogP contribution in [0.25, 0.3) is 0 Å². The Bertz CT molecular complexity index is 328. The second-order valence-electron chi connectivity index (χ2n) is 2.98. The Morgan fingerprint density at radius 1 is 1.53 bits per heavy atom. The molecule has 0 unspecified atom stereocenters. The van der Waals surface area contributed by atoms with Gasteiger partial charge in [0.15, 0.2) is 5.78 Å². The molecule has 0 aliphatic rings. The molecule has 0 aromatic heterocycles. The zero-order chi connectivity index (χ0) is 11.1. The van der Waals surface area contributed by atoms with E-state index in [0.29, 0.717) is 22.9 Å². The molecule has 4 heteroatoms. The number of ketones is 1. The number of hydrogen-bond donors (Lipinski definition) is 0. The molecule has 1 aromatic rings. The molecule has 0 amide bonds. The van der Waals surface area contributed by atoms with Crippen molar-refractivity contribution in [2.24, 2.45) is 0 Å². The zero-order valence-corrected chi connectivity index (χ0v) is 10.1. The molecule has 2 nitrogen and oxygen atoms in total. The van der Waals surface area contributed by atoms with Crippen LogP contribution in [0.3, 0.4) is 0 Å². The van der Waals surface area contributed by atoms with Crippen LogP contribution in [0.4, 0.5) is 0 Å². The Morgan fingerprint density at radius 2 is 2.33 bits per heavy atom. The van der Waals surface area contributed by atoms with Gasteiger partial charge in [0.25, 0.3) is 0 Å². The first-order valence-corrected chi connectivity index (χ1v) is 6.12. The van der Waals surface area contributed by atoms with Gasteiger partial charge >= 0.3 is 0 Å². The fourth-order valence-electron chi connectivity index (χ4n) is 1.05. The number of hydrogen-bond acceptors (Lipinski definition) is 3. The number of methoxy groups -OCH3 is 1. The van der Waals surface area contributed by atoms with Crippen LogP contribution < -0.4 is 0 Å². The van der Waals surface area contributed by atoms with Crippen molar-refractivity contribution in [1.82, 2.24) is 0 Å². The summed E-state index contributed by atoms with van der Waals surface area (Å²) in [5.74, 6) is 1.42. The predicted molar refractivity (Wildman–Crippen MR) is 65.0 cm³/mol. The minimum absolute atomic E-state index is 0.110. The Balaban J connectivity index is 2.40. The molecule has 82 valence electrons. The number of Topliss-reactive ketones (excluding diaryl/α,β-unsaturated/α-hetero) is 1. The molecule has 0 spiro atoms. The van der Waals surface area contributed by atoms with Crippen LogP contribution in [0.1, 0.15) is 10.4 Å². The van der Waals surface area contributed by atoms with E-state index in [4.69, 9.17) is 16.3 Å².